The molecule has 228 valence electrons. The van der Waals surface area contributed by atoms with E-state index < -0.39 is 12.0 Å². The number of thiazole rings is 1. The molecule has 44 heavy (non-hydrogen) atoms. The summed E-state index contributed by atoms with van der Waals surface area (Å²) in [6.45, 7) is 4.74. The number of nitrogens with zero attached hydrogens (tertiary/aromatic N) is 2. The van der Waals surface area contributed by atoms with Crippen molar-refractivity contribution < 1.29 is 32.9 Å². The van der Waals surface area contributed by atoms with Gasteiger partial charge >= 0.3 is 5.97 Å². The predicted molar refractivity (Wildman–Crippen MR) is 164 cm³/mol. The lowest BCUT2D eigenvalue weighted by Crippen LogP contribution is -2.39. The molecule has 0 radical (unpaired) electrons. The van der Waals surface area contributed by atoms with Crippen molar-refractivity contribution in [2.45, 2.75) is 26.5 Å². The van der Waals surface area contributed by atoms with Crippen LogP contribution in [-0.4, -0.2) is 38.0 Å². The van der Waals surface area contributed by atoms with E-state index in [9.17, 15) is 14.0 Å². The highest BCUT2D eigenvalue weighted by Crippen LogP contribution is 2.35. The van der Waals surface area contributed by atoms with Crippen LogP contribution >= 0.6 is 11.3 Å². The molecular formula is C33H31FN2O7S. The van der Waals surface area contributed by atoms with E-state index in [1.165, 1.54) is 48.5 Å². The van der Waals surface area contributed by atoms with Gasteiger partial charge in [-0.1, -0.05) is 41.7 Å². The molecular weight excluding hydrogens is 587 g/mol. The van der Waals surface area contributed by atoms with Crippen LogP contribution in [0.1, 0.15) is 36.6 Å². The molecule has 3 aromatic carbocycles. The first-order valence-electron chi connectivity index (χ1n) is 13.9. The topological polar surface area (TPSA) is 97.6 Å². The zero-order valence-electron chi connectivity index (χ0n) is 24.7. The second-order valence-corrected chi connectivity index (χ2v) is 10.6. The minimum Gasteiger partial charge on any atom is -0.493 e. The molecule has 0 spiro atoms. The van der Waals surface area contributed by atoms with E-state index in [2.05, 4.69) is 4.99 Å². The van der Waals surface area contributed by atoms with Crippen molar-refractivity contribution >= 4 is 23.4 Å². The van der Waals surface area contributed by atoms with Crippen molar-refractivity contribution in [1.29, 1.82) is 0 Å². The zero-order chi connectivity index (χ0) is 31.2. The first-order valence-corrected chi connectivity index (χ1v) is 14.7. The first-order chi connectivity index (χ1) is 21.4. The van der Waals surface area contributed by atoms with Gasteiger partial charge in [-0.15, -0.1) is 0 Å². The lowest BCUT2D eigenvalue weighted by Gasteiger charge is -2.23. The van der Waals surface area contributed by atoms with Gasteiger partial charge in [-0.3, -0.25) is 9.36 Å². The van der Waals surface area contributed by atoms with Crippen molar-refractivity contribution in [1.82, 2.24) is 4.57 Å². The van der Waals surface area contributed by atoms with Gasteiger partial charge in [0.05, 0.1) is 43.6 Å². The molecule has 0 N–H and O–H groups in total. The van der Waals surface area contributed by atoms with Crippen LogP contribution in [0, 0.1) is 5.82 Å². The number of hydrogen-bond acceptors (Lipinski definition) is 9. The van der Waals surface area contributed by atoms with Crippen molar-refractivity contribution in [3.63, 3.8) is 0 Å². The number of para-hydroxylation sites is 1. The Labute approximate surface area is 257 Å². The molecule has 1 aliphatic heterocycles. The molecule has 1 aliphatic rings. The smallest absolute Gasteiger partial charge is 0.337 e. The standard InChI is InChI=1S/C33H31FN2O7S/c1-5-41-25-15-12-21(16-27(25)42-6-2)29-24(32(38)40-4)18-35-33-36(29)31(37)28(44-33)17-22-8-7-9-26(39-3)30(22)43-19-20-10-13-23(34)14-11-20/h7-18,29H,5-6,19H2,1-4H3/b28-17+/t29-/m0/s1. The number of benzene rings is 3. The normalized spacial score (nSPS) is 14.2. The molecule has 1 atom stereocenters. The third kappa shape index (κ3) is 6.23. The highest BCUT2D eigenvalue weighted by Gasteiger charge is 2.31. The summed E-state index contributed by atoms with van der Waals surface area (Å²) in [5.41, 5.74) is 1.83. The van der Waals surface area contributed by atoms with E-state index in [0.29, 0.717) is 56.7 Å². The lowest BCUT2D eigenvalue weighted by atomic mass is 9.97. The molecule has 0 unspecified atom stereocenters. The van der Waals surface area contributed by atoms with Crippen LogP contribution in [0.25, 0.3) is 6.08 Å². The third-order valence-electron chi connectivity index (χ3n) is 6.82. The number of aromatic nitrogens is 1. The van der Waals surface area contributed by atoms with Gasteiger partial charge in [0.1, 0.15) is 12.4 Å². The fraction of sp³-hybridized carbons (Fsp3) is 0.242. The Morgan fingerprint density at radius 2 is 1.73 bits per heavy atom. The van der Waals surface area contributed by atoms with Gasteiger partial charge in [-0.2, -0.15) is 0 Å². The average Bonchev–Trinajstić information content (AvgIpc) is 3.35. The number of ether oxygens (including phenoxy) is 5. The molecule has 0 amide bonds. The number of hydrogen-bond donors (Lipinski definition) is 0. The van der Waals surface area contributed by atoms with Gasteiger partial charge in [0, 0.05) is 11.8 Å². The Morgan fingerprint density at radius 3 is 2.43 bits per heavy atom. The van der Waals surface area contributed by atoms with Crippen molar-refractivity contribution in [2.75, 3.05) is 27.4 Å². The molecule has 0 aliphatic carbocycles. The molecule has 0 saturated carbocycles. The quantitative estimate of drug-likeness (QED) is 0.228. The van der Waals surface area contributed by atoms with Gasteiger partial charge in [-0.25, -0.2) is 14.2 Å². The first kappa shape index (κ1) is 30.6. The summed E-state index contributed by atoms with van der Waals surface area (Å²) in [6, 6.07) is 15.8. The van der Waals surface area contributed by atoms with Gasteiger partial charge in [-0.05, 0) is 61.4 Å². The average molecular weight is 619 g/mol. The Morgan fingerprint density at radius 1 is 0.977 bits per heavy atom. The van der Waals surface area contributed by atoms with Gasteiger partial charge in [0.2, 0.25) is 0 Å². The molecule has 9 nitrogen and oxygen atoms in total. The molecule has 0 saturated heterocycles. The molecule has 5 rings (SSSR count). The summed E-state index contributed by atoms with van der Waals surface area (Å²) >= 11 is 1.18. The van der Waals surface area contributed by atoms with E-state index in [-0.39, 0.29) is 23.6 Å². The summed E-state index contributed by atoms with van der Waals surface area (Å²) < 4.78 is 43.5. The molecule has 1 aromatic heterocycles. The van der Waals surface area contributed by atoms with Crippen LogP contribution in [0.3, 0.4) is 0 Å². The van der Waals surface area contributed by atoms with E-state index in [0.717, 1.165) is 5.56 Å². The van der Waals surface area contributed by atoms with Crippen LogP contribution in [0.15, 0.2) is 82.2 Å². The summed E-state index contributed by atoms with van der Waals surface area (Å²) in [5, 5.41) is 0. The number of methoxy groups -OCH3 is 2. The van der Waals surface area contributed by atoms with E-state index in [4.69, 9.17) is 23.7 Å². The van der Waals surface area contributed by atoms with E-state index >= 15 is 0 Å². The van der Waals surface area contributed by atoms with Gasteiger partial charge in [0.25, 0.3) is 5.56 Å². The van der Waals surface area contributed by atoms with Crippen LogP contribution in [0.2, 0.25) is 0 Å². The highest BCUT2D eigenvalue weighted by molar-refractivity contribution is 7.07. The number of halogens is 1. The van der Waals surface area contributed by atoms with Gasteiger partial charge in [0.15, 0.2) is 27.8 Å². The molecule has 4 aromatic rings. The number of fused-ring (bicyclic) bond motifs is 1. The monoisotopic (exact) mass is 618 g/mol. The lowest BCUT2D eigenvalue weighted by molar-refractivity contribution is -0.136. The third-order valence-corrected chi connectivity index (χ3v) is 7.82. The van der Waals surface area contributed by atoms with Crippen molar-refractivity contribution in [2.24, 2.45) is 4.99 Å². The zero-order valence-corrected chi connectivity index (χ0v) is 25.5. The largest absolute Gasteiger partial charge is 0.493 e. The van der Waals surface area contributed by atoms with Gasteiger partial charge < -0.3 is 23.7 Å². The Bertz CT molecular complexity index is 1880. The Hall–Kier alpha value is -4.90. The van der Waals surface area contributed by atoms with Crippen LogP contribution in [0.4, 0.5) is 4.39 Å². The minimum absolute atomic E-state index is 0.158. The van der Waals surface area contributed by atoms with Crippen molar-refractivity contribution in [3.05, 3.63) is 115 Å². The van der Waals surface area contributed by atoms with Crippen molar-refractivity contribution in [3.8, 4) is 23.0 Å². The molecule has 0 bridgehead atoms. The number of carbonyl (C=O) groups excluding carboxylic acids is 1. The molecule has 11 heteroatoms. The van der Waals surface area contributed by atoms with E-state index in [1.54, 1.807) is 54.6 Å². The maximum Gasteiger partial charge on any atom is 0.337 e. The number of esters is 1. The maximum atomic E-state index is 14.1. The summed E-state index contributed by atoms with van der Waals surface area (Å²) in [7, 11) is 2.81. The van der Waals surface area contributed by atoms with E-state index in [1.807, 2.05) is 13.8 Å². The Kier molecular flexibility index (Phi) is 9.44. The predicted octanol–water partition coefficient (Wildman–Crippen LogP) is 4.54. The summed E-state index contributed by atoms with van der Waals surface area (Å²) in [4.78, 5) is 31.8. The Balaban J connectivity index is 1.61. The fourth-order valence-corrected chi connectivity index (χ4v) is 5.79. The molecule has 2 heterocycles. The van der Waals surface area contributed by atoms with Crippen LogP contribution in [0.5, 0.6) is 23.0 Å². The van der Waals surface area contributed by atoms with Crippen LogP contribution in [-0.2, 0) is 16.1 Å². The maximum absolute atomic E-state index is 14.1. The minimum atomic E-state index is -0.824. The second kappa shape index (κ2) is 13.6. The molecule has 0 fully saturated rings. The highest BCUT2D eigenvalue weighted by atomic mass is 32.1. The fourth-order valence-electron chi connectivity index (χ4n) is 4.83. The number of rotatable bonds is 11. The summed E-state index contributed by atoms with van der Waals surface area (Å²) in [6.07, 6.45) is 3.14. The SMILES string of the molecule is CCOc1ccc([C@H]2C(C(=O)OC)=CN=c3s/c(=C/c4cccc(OC)c4OCc4ccc(F)cc4)c(=O)n32)cc1OCC. The number of carbonyl (C=O) groups is 1. The second-order valence-electron chi connectivity index (χ2n) is 9.54. The summed E-state index contributed by atoms with van der Waals surface area (Å²) in [5.74, 6) is 0.997. The van der Waals surface area contributed by atoms with Crippen LogP contribution < -0.4 is 33.8 Å².